The average molecular weight is 309 g/mol. The fourth-order valence-corrected chi connectivity index (χ4v) is 3.68. The first kappa shape index (κ1) is 14.1. The minimum atomic E-state index is -0.697. The number of hydrogen-bond donors (Lipinski definition) is 1. The van der Waals surface area contributed by atoms with Crippen LogP contribution in [-0.2, 0) is 4.79 Å². The van der Waals surface area contributed by atoms with E-state index in [4.69, 9.17) is 4.74 Å². The second-order valence-corrected chi connectivity index (χ2v) is 6.38. The average Bonchev–Trinajstić information content (AvgIpc) is 2.69. The zero-order chi connectivity index (χ0) is 16.0. The van der Waals surface area contributed by atoms with Crippen LogP contribution in [0.1, 0.15) is 30.0 Å². The predicted octanol–water partition coefficient (Wildman–Crippen LogP) is 4.14. The van der Waals surface area contributed by atoms with Gasteiger partial charge < -0.3 is 14.7 Å². The van der Waals surface area contributed by atoms with Crippen molar-refractivity contribution in [2.75, 3.05) is 11.4 Å². The van der Waals surface area contributed by atoms with E-state index in [1.165, 1.54) is 5.56 Å². The lowest BCUT2D eigenvalue weighted by atomic mass is 9.86. The molecule has 2 aliphatic heterocycles. The van der Waals surface area contributed by atoms with Crippen molar-refractivity contribution in [3.8, 4) is 11.5 Å². The minimum Gasteiger partial charge on any atom is -0.481 e. The summed E-state index contributed by atoms with van der Waals surface area (Å²) in [6, 6.07) is 14.2. The first-order valence-electron chi connectivity index (χ1n) is 8.00. The van der Waals surface area contributed by atoms with Crippen molar-refractivity contribution in [3.63, 3.8) is 0 Å². The van der Waals surface area contributed by atoms with Gasteiger partial charge in [-0.15, -0.1) is 0 Å². The summed E-state index contributed by atoms with van der Waals surface area (Å²) < 4.78 is 6.16. The van der Waals surface area contributed by atoms with Crippen LogP contribution in [0.5, 0.6) is 11.5 Å². The molecule has 4 rings (SSSR count). The van der Waals surface area contributed by atoms with Gasteiger partial charge in [0.15, 0.2) is 5.75 Å². The number of anilines is 1. The molecule has 4 nitrogen and oxygen atoms in total. The van der Waals surface area contributed by atoms with Crippen LogP contribution in [0.2, 0.25) is 0 Å². The van der Waals surface area contributed by atoms with Crippen LogP contribution in [0.4, 0.5) is 5.69 Å². The van der Waals surface area contributed by atoms with E-state index in [-0.39, 0.29) is 12.0 Å². The number of aryl methyl sites for hydroxylation is 1. The van der Waals surface area contributed by atoms with Gasteiger partial charge >= 0.3 is 5.97 Å². The molecular formula is C19H19NO3. The molecule has 0 saturated carbocycles. The molecule has 2 aromatic carbocycles. The van der Waals surface area contributed by atoms with Gasteiger partial charge in [-0.1, -0.05) is 24.3 Å². The van der Waals surface area contributed by atoms with Crippen molar-refractivity contribution in [1.29, 1.82) is 0 Å². The van der Waals surface area contributed by atoms with Crippen molar-refractivity contribution in [2.24, 2.45) is 5.92 Å². The van der Waals surface area contributed by atoms with E-state index in [2.05, 4.69) is 24.0 Å². The van der Waals surface area contributed by atoms with Crippen molar-refractivity contribution < 1.29 is 14.6 Å². The maximum Gasteiger partial charge on any atom is 0.306 e. The Morgan fingerprint density at radius 2 is 2.04 bits per heavy atom. The number of ether oxygens (including phenoxy) is 1. The molecule has 2 heterocycles. The number of rotatable bonds is 1. The van der Waals surface area contributed by atoms with Gasteiger partial charge in [-0.2, -0.15) is 0 Å². The molecule has 1 N–H and O–H groups in total. The Morgan fingerprint density at radius 3 is 2.87 bits per heavy atom. The molecule has 4 heteroatoms. The zero-order valence-electron chi connectivity index (χ0n) is 13.0. The van der Waals surface area contributed by atoms with Crippen LogP contribution in [0.25, 0.3) is 0 Å². The molecule has 2 aliphatic rings. The highest BCUT2D eigenvalue weighted by Crippen LogP contribution is 2.48. The summed E-state index contributed by atoms with van der Waals surface area (Å²) >= 11 is 0. The number of benzene rings is 2. The number of piperidine rings is 1. The molecule has 0 spiro atoms. The number of carboxylic acids is 1. The molecule has 2 aromatic rings. The molecule has 0 amide bonds. The standard InChI is InChI=1S/C19H19NO3/c1-12-6-7-18-16(10-12)20-9-8-13(19(21)22)11-15(20)14-4-2-3-5-17(14)23-18/h2-7,10,13,15H,8-9,11H2,1H3,(H,21,22). The second-order valence-electron chi connectivity index (χ2n) is 6.38. The van der Waals surface area contributed by atoms with E-state index in [0.29, 0.717) is 12.8 Å². The Hall–Kier alpha value is -2.49. The Morgan fingerprint density at radius 1 is 1.22 bits per heavy atom. The highest BCUT2D eigenvalue weighted by atomic mass is 16.5. The van der Waals surface area contributed by atoms with E-state index in [1.54, 1.807) is 0 Å². The Kier molecular flexibility index (Phi) is 3.26. The summed E-state index contributed by atoms with van der Waals surface area (Å²) in [4.78, 5) is 13.8. The predicted molar refractivity (Wildman–Crippen MR) is 88.1 cm³/mol. The van der Waals surface area contributed by atoms with Gasteiger partial charge in [0, 0.05) is 12.1 Å². The molecule has 0 bridgehead atoms. The van der Waals surface area contributed by atoms with Gasteiger partial charge in [0.1, 0.15) is 5.75 Å². The van der Waals surface area contributed by atoms with Crippen molar-refractivity contribution in [1.82, 2.24) is 0 Å². The normalized spacial score (nSPS) is 22.2. The largest absolute Gasteiger partial charge is 0.481 e. The first-order valence-corrected chi connectivity index (χ1v) is 8.00. The summed E-state index contributed by atoms with van der Waals surface area (Å²) in [5.41, 5.74) is 3.32. The number of hydrogen-bond acceptors (Lipinski definition) is 3. The summed E-state index contributed by atoms with van der Waals surface area (Å²) in [6.07, 6.45) is 1.28. The summed E-state index contributed by atoms with van der Waals surface area (Å²) in [6.45, 7) is 2.80. The fraction of sp³-hybridized carbons (Fsp3) is 0.316. The maximum atomic E-state index is 11.5. The van der Waals surface area contributed by atoms with Crippen molar-refractivity contribution in [3.05, 3.63) is 53.6 Å². The Balaban J connectivity index is 1.86. The molecule has 1 saturated heterocycles. The van der Waals surface area contributed by atoms with Gasteiger partial charge in [0.2, 0.25) is 0 Å². The third-order valence-electron chi connectivity index (χ3n) is 4.87. The highest BCUT2D eigenvalue weighted by Gasteiger charge is 2.37. The van der Waals surface area contributed by atoms with Crippen LogP contribution in [0.15, 0.2) is 42.5 Å². The highest BCUT2D eigenvalue weighted by molar-refractivity contribution is 5.72. The lowest BCUT2D eigenvalue weighted by Gasteiger charge is -2.39. The van der Waals surface area contributed by atoms with Crippen LogP contribution >= 0.6 is 0 Å². The number of carbonyl (C=O) groups is 1. The SMILES string of the molecule is Cc1ccc2c(c1)N1CCC(C(=O)O)CC1c1ccccc1O2. The molecule has 0 aromatic heterocycles. The molecular weight excluding hydrogens is 290 g/mol. The summed E-state index contributed by atoms with van der Waals surface area (Å²) in [7, 11) is 0. The fourth-order valence-electron chi connectivity index (χ4n) is 3.68. The second kappa shape index (κ2) is 5.30. The van der Waals surface area contributed by atoms with E-state index in [9.17, 15) is 9.90 Å². The van der Waals surface area contributed by atoms with Crippen molar-refractivity contribution in [2.45, 2.75) is 25.8 Å². The number of nitrogens with zero attached hydrogens (tertiary/aromatic N) is 1. The molecule has 1 fully saturated rings. The number of fused-ring (bicyclic) bond motifs is 5. The lowest BCUT2D eigenvalue weighted by Crippen LogP contribution is -2.38. The molecule has 0 radical (unpaired) electrons. The lowest BCUT2D eigenvalue weighted by molar-refractivity contribution is -0.142. The molecule has 118 valence electrons. The van der Waals surface area contributed by atoms with Crippen molar-refractivity contribution >= 4 is 11.7 Å². The smallest absolute Gasteiger partial charge is 0.306 e. The summed E-state index contributed by atoms with van der Waals surface area (Å²) in [5, 5.41) is 9.44. The molecule has 23 heavy (non-hydrogen) atoms. The van der Waals surface area contributed by atoms with Gasteiger partial charge in [0.05, 0.1) is 17.6 Å². The Bertz CT molecular complexity index is 771. The number of aliphatic carboxylic acids is 1. The van der Waals surface area contributed by atoms with Gasteiger partial charge in [-0.25, -0.2) is 0 Å². The van der Waals surface area contributed by atoms with Crippen LogP contribution in [-0.4, -0.2) is 17.6 Å². The topological polar surface area (TPSA) is 49.8 Å². The third kappa shape index (κ3) is 2.34. The van der Waals surface area contributed by atoms with Crippen LogP contribution in [0.3, 0.4) is 0 Å². The summed E-state index contributed by atoms with van der Waals surface area (Å²) in [5.74, 6) is 0.683. The quantitative estimate of drug-likeness (QED) is 0.860. The van der Waals surface area contributed by atoms with Gasteiger partial charge in [-0.3, -0.25) is 4.79 Å². The van der Waals surface area contributed by atoms with Gasteiger partial charge in [-0.05, 0) is 43.5 Å². The van der Waals surface area contributed by atoms with Crippen LogP contribution in [0, 0.1) is 12.8 Å². The zero-order valence-corrected chi connectivity index (χ0v) is 13.0. The monoisotopic (exact) mass is 309 g/mol. The van der Waals surface area contributed by atoms with E-state index >= 15 is 0 Å². The molecule has 0 aliphatic carbocycles. The van der Waals surface area contributed by atoms with E-state index in [0.717, 1.165) is 29.3 Å². The van der Waals surface area contributed by atoms with Gasteiger partial charge in [0.25, 0.3) is 0 Å². The van der Waals surface area contributed by atoms with E-state index in [1.807, 2.05) is 30.3 Å². The maximum absolute atomic E-state index is 11.5. The molecule has 2 unspecified atom stereocenters. The third-order valence-corrected chi connectivity index (χ3v) is 4.87. The number of carboxylic acid groups (broad SMARTS) is 1. The number of para-hydroxylation sites is 1. The molecule has 2 atom stereocenters. The first-order chi connectivity index (χ1) is 11.1. The van der Waals surface area contributed by atoms with Crippen LogP contribution < -0.4 is 9.64 Å². The minimum absolute atomic E-state index is 0.0455. The Labute approximate surface area is 135 Å². The van der Waals surface area contributed by atoms with E-state index < -0.39 is 5.97 Å².